The van der Waals surface area contributed by atoms with Crippen LogP contribution in [0.5, 0.6) is 5.88 Å². The summed E-state index contributed by atoms with van der Waals surface area (Å²) in [7, 11) is 1.20. The van der Waals surface area contributed by atoms with Gasteiger partial charge in [-0.3, -0.25) is 0 Å². The van der Waals surface area contributed by atoms with Gasteiger partial charge in [0.25, 0.3) is 0 Å². The number of aromatic nitrogens is 2. The Morgan fingerprint density at radius 3 is 2.75 bits per heavy atom. The van der Waals surface area contributed by atoms with Crippen LogP contribution in [0.3, 0.4) is 0 Å². The zero-order valence-corrected chi connectivity index (χ0v) is 6.91. The standard InChI is InChI=1S/C6H5ClN2O3/c1-11-6(10)12-5-3-2-4(7)8-9-5/h2-3H,1H3. The molecule has 1 rings (SSSR count). The first-order valence-electron chi connectivity index (χ1n) is 2.97. The van der Waals surface area contributed by atoms with Crippen molar-refractivity contribution in [2.24, 2.45) is 0 Å². The van der Waals surface area contributed by atoms with Crippen molar-refractivity contribution in [3.8, 4) is 5.88 Å². The van der Waals surface area contributed by atoms with Gasteiger partial charge in [0.2, 0.25) is 5.88 Å². The Hall–Kier alpha value is -1.36. The highest BCUT2D eigenvalue weighted by molar-refractivity contribution is 6.29. The summed E-state index contributed by atoms with van der Waals surface area (Å²) in [6.07, 6.45) is -0.841. The Balaban J connectivity index is 2.64. The van der Waals surface area contributed by atoms with Gasteiger partial charge in [0.1, 0.15) is 0 Å². The van der Waals surface area contributed by atoms with Crippen LogP contribution in [0.15, 0.2) is 12.1 Å². The average molecular weight is 189 g/mol. The van der Waals surface area contributed by atoms with Crippen LogP contribution in [-0.2, 0) is 4.74 Å². The number of halogens is 1. The Morgan fingerprint density at radius 2 is 2.25 bits per heavy atom. The quantitative estimate of drug-likeness (QED) is 0.622. The molecule has 0 unspecified atom stereocenters. The third kappa shape index (κ3) is 2.35. The summed E-state index contributed by atoms with van der Waals surface area (Å²) in [5.74, 6) is 0.0475. The molecule has 0 fully saturated rings. The number of nitrogens with zero attached hydrogens (tertiary/aromatic N) is 2. The van der Waals surface area contributed by atoms with Gasteiger partial charge in [-0.25, -0.2) is 4.79 Å². The highest BCUT2D eigenvalue weighted by Crippen LogP contribution is 2.08. The lowest BCUT2D eigenvalue weighted by Crippen LogP contribution is -2.08. The predicted molar refractivity (Wildman–Crippen MR) is 40.1 cm³/mol. The largest absolute Gasteiger partial charge is 0.514 e. The van der Waals surface area contributed by atoms with E-state index in [2.05, 4.69) is 19.7 Å². The van der Waals surface area contributed by atoms with Gasteiger partial charge in [-0.15, -0.1) is 10.2 Å². The lowest BCUT2D eigenvalue weighted by molar-refractivity contribution is 0.119. The van der Waals surface area contributed by atoms with Crippen molar-refractivity contribution in [3.05, 3.63) is 17.3 Å². The van der Waals surface area contributed by atoms with E-state index in [1.54, 1.807) is 0 Å². The number of rotatable bonds is 1. The van der Waals surface area contributed by atoms with Crippen LogP contribution >= 0.6 is 11.6 Å². The van der Waals surface area contributed by atoms with Crippen LogP contribution < -0.4 is 4.74 Å². The maximum atomic E-state index is 10.5. The number of ether oxygens (including phenoxy) is 2. The molecule has 12 heavy (non-hydrogen) atoms. The number of hydrogen-bond donors (Lipinski definition) is 0. The molecule has 0 N–H and O–H groups in total. The molecule has 1 heterocycles. The first-order valence-corrected chi connectivity index (χ1v) is 3.35. The van der Waals surface area contributed by atoms with Gasteiger partial charge in [0.15, 0.2) is 5.15 Å². The van der Waals surface area contributed by atoms with E-state index in [0.29, 0.717) is 0 Å². The van der Waals surface area contributed by atoms with Crippen LogP contribution in [0.2, 0.25) is 5.15 Å². The summed E-state index contributed by atoms with van der Waals surface area (Å²) in [6.45, 7) is 0. The van der Waals surface area contributed by atoms with E-state index < -0.39 is 6.16 Å². The monoisotopic (exact) mass is 188 g/mol. The van der Waals surface area contributed by atoms with E-state index in [0.717, 1.165) is 0 Å². The fourth-order valence-electron chi connectivity index (χ4n) is 0.485. The third-order valence-electron chi connectivity index (χ3n) is 0.962. The van der Waals surface area contributed by atoms with E-state index in [1.807, 2.05) is 0 Å². The Bertz CT molecular complexity index is 275. The molecule has 0 radical (unpaired) electrons. The third-order valence-corrected chi connectivity index (χ3v) is 1.16. The Morgan fingerprint density at radius 1 is 1.50 bits per heavy atom. The van der Waals surface area contributed by atoms with Gasteiger partial charge in [0, 0.05) is 6.07 Å². The molecule has 5 nitrogen and oxygen atoms in total. The highest BCUT2D eigenvalue weighted by atomic mass is 35.5. The number of hydrogen-bond acceptors (Lipinski definition) is 5. The molecule has 0 amide bonds. The Labute approximate surface area is 73.3 Å². The second-order valence-electron chi connectivity index (χ2n) is 1.75. The highest BCUT2D eigenvalue weighted by Gasteiger charge is 2.04. The predicted octanol–water partition coefficient (Wildman–Crippen LogP) is 1.28. The SMILES string of the molecule is COC(=O)Oc1ccc(Cl)nn1. The van der Waals surface area contributed by atoms with Crippen LogP contribution in [0.25, 0.3) is 0 Å². The zero-order chi connectivity index (χ0) is 8.97. The zero-order valence-electron chi connectivity index (χ0n) is 6.15. The van der Waals surface area contributed by atoms with E-state index in [9.17, 15) is 4.79 Å². The van der Waals surface area contributed by atoms with Gasteiger partial charge in [-0.1, -0.05) is 11.6 Å². The molecule has 0 saturated carbocycles. The lowest BCUT2D eigenvalue weighted by atomic mass is 10.6. The van der Waals surface area contributed by atoms with E-state index in [1.165, 1.54) is 19.2 Å². The molecule has 0 aliphatic rings. The molecule has 0 spiro atoms. The summed E-state index contributed by atoms with van der Waals surface area (Å²) in [4.78, 5) is 10.5. The minimum atomic E-state index is -0.841. The molecular weight excluding hydrogens is 184 g/mol. The van der Waals surface area contributed by atoms with Crippen LogP contribution in [0.1, 0.15) is 0 Å². The van der Waals surface area contributed by atoms with Crippen molar-refractivity contribution >= 4 is 17.8 Å². The molecule has 0 saturated heterocycles. The first-order chi connectivity index (χ1) is 5.72. The molecule has 6 heteroatoms. The topological polar surface area (TPSA) is 61.3 Å². The Kier molecular flexibility index (Phi) is 2.82. The van der Waals surface area contributed by atoms with E-state index in [4.69, 9.17) is 11.6 Å². The van der Waals surface area contributed by atoms with Crippen molar-refractivity contribution in [2.45, 2.75) is 0 Å². The molecule has 1 aromatic heterocycles. The van der Waals surface area contributed by atoms with Crippen molar-refractivity contribution in [1.29, 1.82) is 0 Å². The second kappa shape index (κ2) is 3.87. The van der Waals surface area contributed by atoms with E-state index >= 15 is 0 Å². The minimum absolute atomic E-state index is 0.0475. The van der Waals surface area contributed by atoms with Crippen molar-refractivity contribution in [3.63, 3.8) is 0 Å². The molecule has 1 aromatic rings. The van der Waals surface area contributed by atoms with Crippen molar-refractivity contribution < 1.29 is 14.3 Å². The smallest absolute Gasteiger partial charge is 0.437 e. The first kappa shape index (κ1) is 8.73. The van der Waals surface area contributed by atoms with Gasteiger partial charge in [0.05, 0.1) is 7.11 Å². The van der Waals surface area contributed by atoms with Gasteiger partial charge in [-0.05, 0) is 6.07 Å². The fraction of sp³-hybridized carbons (Fsp3) is 0.167. The molecule has 0 atom stereocenters. The molecule has 0 aliphatic carbocycles. The molecule has 64 valence electrons. The van der Waals surface area contributed by atoms with Gasteiger partial charge < -0.3 is 9.47 Å². The fourth-order valence-corrected chi connectivity index (χ4v) is 0.586. The summed E-state index contributed by atoms with van der Waals surface area (Å²) >= 11 is 5.44. The molecule has 0 bridgehead atoms. The second-order valence-corrected chi connectivity index (χ2v) is 2.14. The van der Waals surface area contributed by atoms with Crippen molar-refractivity contribution in [1.82, 2.24) is 10.2 Å². The maximum absolute atomic E-state index is 10.5. The lowest BCUT2D eigenvalue weighted by Gasteiger charge is -1.98. The summed E-state index contributed by atoms with van der Waals surface area (Å²) in [5.41, 5.74) is 0. The van der Waals surface area contributed by atoms with Crippen LogP contribution in [0.4, 0.5) is 4.79 Å². The number of carbonyl (C=O) groups is 1. The summed E-state index contributed by atoms with van der Waals surface area (Å²) < 4.78 is 8.75. The molecule has 0 aromatic carbocycles. The maximum Gasteiger partial charge on any atom is 0.514 e. The molecular formula is C6H5ClN2O3. The molecule has 0 aliphatic heterocycles. The van der Waals surface area contributed by atoms with E-state index in [-0.39, 0.29) is 11.0 Å². The van der Waals surface area contributed by atoms with Crippen molar-refractivity contribution in [2.75, 3.05) is 7.11 Å². The van der Waals surface area contributed by atoms with Crippen LogP contribution in [-0.4, -0.2) is 23.5 Å². The average Bonchev–Trinajstić information content (AvgIpc) is 2.09. The van der Waals surface area contributed by atoms with Gasteiger partial charge in [-0.2, -0.15) is 0 Å². The van der Waals surface area contributed by atoms with Crippen LogP contribution in [0, 0.1) is 0 Å². The minimum Gasteiger partial charge on any atom is -0.437 e. The normalized spacial score (nSPS) is 9.17. The summed E-state index contributed by atoms with van der Waals surface area (Å²) in [6, 6.07) is 2.86. The summed E-state index contributed by atoms with van der Waals surface area (Å²) in [5, 5.41) is 7.14. The van der Waals surface area contributed by atoms with Gasteiger partial charge >= 0.3 is 6.16 Å². The number of carbonyl (C=O) groups excluding carboxylic acids is 1. The number of methoxy groups -OCH3 is 1.